The zero-order chi connectivity index (χ0) is 12.4. The number of ether oxygens (including phenoxy) is 1. The van der Waals surface area contributed by atoms with Gasteiger partial charge in [-0.15, -0.1) is 0 Å². The largest absolute Gasteiger partial charge is 0.381 e. The van der Waals surface area contributed by atoms with Gasteiger partial charge in [0, 0.05) is 32.0 Å². The molecule has 0 aromatic carbocycles. The van der Waals surface area contributed by atoms with Crippen molar-refractivity contribution in [3.63, 3.8) is 0 Å². The highest BCUT2D eigenvalue weighted by molar-refractivity contribution is 5.07. The normalized spacial score (nSPS) is 27.5. The fraction of sp³-hybridized carbons (Fsp3) is 0.786. The Morgan fingerprint density at radius 2 is 2.33 bits per heavy atom. The standard InChI is InChI=1S/C14H23N3O/c1-14(4-7-18-8-5-14)10-17-11-15-9-13(17)12-3-2-6-16-12/h9,11-12,16H,2-8,10H2,1H3. The first-order valence-electron chi connectivity index (χ1n) is 7.08. The number of nitrogens with zero attached hydrogens (tertiary/aromatic N) is 2. The van der Waals surface area contributed by atoms with Crippen LogP contribution in [0.1, 0.15) is 44.3 Å². The maximum atomic E-state index is 5.48. The minimum atomic E-state index is 0.367. The molecule has 100 valence electrons. The molecule has 0 amide bonds. The summed E-state index contributed by atoms with van der Waals surface area (Å²) in [4.78, 5) is 4.36. The lowest BCUT2D eigenvalue weighted by Crippen LogP contribution is -2.32. The molecule has 1 aromatic rings. The second-order valence-corrected chi connectivity index (χ2v) is 6.02. The number of nitrogens with one attached hydrogen (secondary N) is 1. The van der Waals surface area contributed by atoms with Gasteiger partial charge in [-0.25, -0.2) is 4.98 Å². The molecule has 0 aliphatic carbocycles. The van der Waals surface area contributed by atoms with Crippen molar-refractivity contribution in [1.82, 2.24) is 14.9 Å². The lowest BCUT2D eigenvalue weighted by atomic mass is 9.82. The molecule has 1 N–H and O–H groups in total. The minimum absolute atomic E-state index is 0.367. The molecule has 0 radical (unpaired) electrons. The Hall–Kier alpha value is -0.870. The summed E-state index contributed by atoms with van der Waals surface area (Å²) in [5, 5.41) is 3.56. The Morgan fingerprint density at radius 3 is 3.06 bits per heavy atom. The molecule has 0 saturated carbocycles. The van der Waals surface area contributed by atoms with Gasteiger partial charge in [-0.3, -0.25) is 0 Å². The monoisotopic (exact) mass is 249 g/mol. The predicted molar refractivity (Wildman–Crippen MR) is 70.4 cm³/mol. The van der Waals surface area contributed by atoms with Crippen LogP contribution in [0.5, 0.6) is 0 Å². The highest BCUT2D eigenvalue weighted by Gasteiger charge is 2.29. The molecule has 3 heterocycles. The van der Waals surface area contributed by atoms with Crippen molar-refractivity contribution in [2.24, 2.45) is 5.41 Å². The average molecular weight is 249 g/mol. The third-order valence-corrected chi connectivity index (χ3v) is 4.41. The third kappa shape index (κ3) is 2.45. The van der Waals surface area contributed by atoms with Crippen LogP contribution in [0.25, 0.3) is 0 Å². The predicted octanol–water partition coefficient (Wildman–Crippen LogP) is 2.12. The number of imidazole rings is 1. The van der Waals surface area contributed by atoms with Gasteiger partial charge in [0.25, 0.3) is 0 Å². The van der Waals surface area contributed by atoms with E-state index in [9.17, 15) is 0 Å². The first-order chi connectivity index (χ1) is 8.77. The van der Waals surface area contributed by atoms with Crippen LogP contribution in [-0.4, -0.2) is 29.3 Å². The smallest absolute Gasteiger partial charge is 0.0948 e. The Kier molecular flexibility index (Phi) is 3.39. The molecule has 0 spiro atoms. The van der Waals surface area contributed by atoms with Crippen molar-refractivity contribution in [1.29, 1.82) is 0 Å². The van der Waals surface area contributed by atoms with Gasteiger partial charge < -0.3 is 14.6 Å². The number of hydrogen-bond acceptors (Lipinski definition) is 3. The summed E-state index contributed by atoms with van der Waals surface area (Å²) in [6.45, 7) is 6.40. The molecule has 0 bridgehead atoms. The average Bonchev–Trinajstić information content (AvgIpc) is 2.99. The number of hydrogen-bond donors (Lipinski definition) is 1. The molecule has 3 rings (SSSR count). The molecular weight excluding hydrogens is 226 g/mol. The van der Waals surface area contributed by atoms with Crippen molar-refractivity contribution in [3.8, 4) is 0 Å². The first kappa shape index (κ1) is 12.2. The molecule has 2 saturated heterocycles. The molecule has 2 aliphatic rings. The van der Waals surface area contributed by atoms with Crippen molar-refractivity contribution in [2.45, 2.75) is 45.2 Å². The van der Waals surface area contributed by atoms with Crippen molar-refractivity contribution < 1.29 is 4.74 Å². The van der Waals surface area contributed by atoms with Crippen LogP contribution in [0, 0.1) is 5.41 Å². The second-order valence-electron chi connectivity index (χ2n) is 6.02. The molecule has 18 heavy (non-hydrogen) atoms. The molecule has 4 nitrogen and oxygen atoms in total. The van der Waals surface area contributed by atoms with E-state index in [4.69, 9.17) is 4.74 Å². The zero-order valence-corrected chi connectivity index (χ0v) is 11.2. The minimum Gasteiger partial charge on any atom is -0.381 e. The van der Waals surface area contributed by atoms with E-state index in [1.54, 1.807) is 0 Å². The Balaban J connectivity index is 1.74. The fourth-order valence-electron chi connectivity index (χ4n) is 3.12. The van der Waals surface area contributed by atoms with Crippen LogP contribution >= 0.6 is 0 Å². The van der Waals surface area contributed by atoms with E-state index in [-0.39, 0.29) is 0 Å². The number of aromatic nitrogens is 2. The molecule has 4 heteroatoms. The van der Waals surface area contributed by atoms with Crippen molar-refractivity contribution in [2.75, 3.05) is 19.8 Å². The van der Waals surface area contributed by atoms with Gasteiger partial charge in [-0.2, -0.15) is 0 Å². The van der Waals surface area contributed by atoms with E-state index in [1.165, 1.54) is 18.5 Å². The molecular formula is C14H23N3O. The van der Waals surface area contributed by atoms with Crippen molar-refractivity contribution in [3.05, 3.63) is 18.2 Å². The Morgan fingerprint density at radius 1 is 1.50 bits per heavy atom. The van der Waals surface area contributed by atoms with Crippen LogP contribution in [0.2, 0.25) is 0 Å². The topological polar surface area (TPSA) is 39.1 Å². The first-order valence-corrected chi connectivity index (χ1v) is 7.08. The highest BCUT2D eigenvalue weighted by atomic mass is 16.5. The van der Waals surface area contributed by atoms with E-state index in [0.717, 1.165) is 39.1 Å². The maximum absolute atomic E-state index is 5.48. The van der Waals surface area contributed by atoms with Gasteiger partial charge in [0.15, 0.2) is 0 Å². The molecule has 1 aromatic heterocycles. The van der Waals surface area contributed by atoms with E-state index < -0.39 is 0 Å². The van der Waals surface area contributed by atoms with Crippen LogP contribution in [0.4, 0.5) is 0 Å². The lowest BCUT2D eigenvalue weighted by molar-refractivity contribution is 0.0150. The Bertz CT molecular complexity index is 389. The van der Waals surface area contributed by atoms with Crippen LogP contribution in [0.15, 0.2) is 12.5 Å². The Labute approximate surface area is 109 Å². The van der Waals surface area contributed by atoms with Crippen LogP contribution in [-0.2, 0) is 11.3 Å². The number of rotatable bonds is 3. The second kappa shape index (κ2) is 5.02. The van der Waals surface area contributed by atoms with Crippen molar-refractivity contribution >= 4 is 0 Å². The van der Waals surface area contributed by atoms with Crippen LogP contribution < -0.4 is 5.32 Å². The van der Waals surface area contributed by atoms with Gasteiger partial charge in [0.05, 0.1) is 12.0 Å². The summed E-state index contributed by atoms with van der Waals surface area (Å²) in [5.41, 5.74) is 1.73. The van der Waals surface area contributed by atoms with E-state index >= 15 is 0 Å². The molecule has 1 unspecified atom stereocenters. The summed E-state index contributed by atoms with van der Waals surface area (Å²) in [5.74, 6) is 0. The quantitative estimate of drug-likeness (QED) is 0.892. The van der Waals surface area contributed by atoms with Gasteiger partial charge in [0.1, 0.15) is 0 Å². The van der Waals surface area contributed by atoms with Gasteiger partial charge in [-0.1, -0.05) is 6.92 Å². The summed E-state index contributed by atoms with van der Waals surface area (Å²) in [7, 11) is 0. The highest BCUT2D eigenvalue weighted by Crippen LogP contribution is 2.33. The van der Waals surface area contributed by atoms with Gasteiger partial charge in [-0.05, 0) is 37.6 Å². The van der Waals surface area contributed by atoms with E-state index in [0.29, 0.717) is 11.5 Å². The lowest BCUT2D eigenvalue weighted by Gasteiger charge is -2.34. The fourth-order valence-corrected chi connectivity index (χ4v) is 3.12. The molecule has 2 aliphatic heterocycles. The molecule has 1 atom stereocenters. The maximum Gasteiger partial charge on any atom is 0.0948 e. The summed E-state index contributed by atoms with van der Waals surface area (Å²) >= 11 is 0. The SMILES string of the molecule is CC1(Cn2cncc2C2CCCN2)CCOCC1. The third-order valence-electron chi connectivity index (χ3n) is 4.41. The van der Waals surface area contributed by atoms with Crippen LogP contribution in [0.3, 0.4) is 0 Å². The van der Waals surface area contributed by atoms with E-state index in [2.05, 4.69) is 21.8 Å². The molecule has 2 fully saturated rings. The van der Waals surface area contributed by atoms with Gasteiger partial charge in [0.2, 0.25) is 0 Å². The van der Waals surface area contributed by atoms with E-state index in [1.807, 2.05) is 12.5 Å². The van der Waals surface area contributed by atoms with Gasteiger partial charge >= 0.3 is 0 Å². The summed E-state index contributed by atoms with van der Waals surface area (Å²) < 4.78 is 7.83. The zero-order valence-electron chi connectivity index (χ0n) is 11.2. The summed E-state index contributed by atoms with van der Waals surface area (Å²) in [6, 6.07) is 0.510. The summed E-state index contributed by atoms with van der Waals surface area (Å²) in [6.07, 6.45) is 8.86.